The maximum absolute atomic E-state index is 10.8. The Morgan fingerprint density at radius 1 is 1.26 bits per heavy atom. The van der Waals surface area contributed by atoms with Crippen LogP contribution in [-0.2, 0) is 13.1 Å². The van der Waals surface area contributed by atoms with E-state index in [2.05, 4.69) is 41.1 Å². The van der Waals surface area contributed by atoms with E-state index < -0.39 is 0 Å². The highest BCUT2D eigenvalue weighted by Gasteiger charge is 2.10. The largest absolute Gasteiger partial charge is 0.297 e. The maximum Gasteiger partial charge on any atom is 0.161 e. The zero-order chi connectivity index (χ0) is 13.7. The molecule has 0 radical (unpaired) electrons. The van der Waals surface area contributed by atoms with Gasteiger partial charge in [-0.1, -0.05) is 37.3 Å². The fourth-order valence-corrected chi connectivity index (χ4v) is 2.88. The predicted molar refractivity (Wildman–Crippen MR) is 78.5 cm³/mol. The van der Waals surface area contributed by atoms with Gasteiger partial charge in [0.25, 0.3) is 0 Å². The maximum atomic E-state index is 10.8. The third-order valence-corrected chi connectivity index (χ3v) is 4.11. The minimum absolute atomic E-state index is 0.741. The van der Waals surface area contributed by atoms with E-state index in [-0.39, 0.29) is 0 Å². The fraction of sp³-hybridized carbons (Fsp3) is 0.333. The van der Waals surface area contributed by atoms with Crippen molar-refractivity contribution in [1.82, 2.24) is 9.88 Å². The first-order valence-electron chi connectivity index (χ1n) is 6.40. The molecular weight excluding hydrogens is 256 g/mol. The Kier molecular flexibility index (Phi) is 4.82. The van der Waals surface area contributed by atoms with Gasteiger partial charge >= 0.3 is 0 Å². The van der Waals surface area contributed by atoms with Crippen LogP contribution in [0.4, 0.5) is 0 Å². The highest BCUT2D eigenvalue weighted by atomic mass is 32.1. The summed E-state index contributed by atoms with van der Waals surface area (Å²) in [6.45, 7) is 6.70. The number of hydrogen-bond acceptors (Lipinski definition) is 4. The third kappa shape index (κ3) is 3.72. The summed E-state index contributed by atoms with van der Waals surface area (Å²) in [7, 11) is 0. The van der Waals surface area contributed by atoms with E-state index >= 15 is 0 Å². The van der Waals surface area contributed by atoms with Crippen molar-refractivity contribution in [2.75, 3.05) is 6.54 Å². The quantitative estimate of drug-likeness (QED) is 0.758. The molecule has 2 rings (SSSR count). The summed E-state index contributed by atoms with van der Waals surface area (Å²) in [4.78, 5) is 18.4. The van der Waals surface area contributed by atoms with Gasteiger partial charge in [0.1, 0.15) is 5.01 Å². The third-order valence-electron chi connectivity index (χ3n) is 3.04. The number of rotatable bonds is 6. The van der Waals surface area contributed by atoms with Gasteiger partial charge in [-0.3, -0.25) is 9.69 Å². The van der Waals surface area contributed by atoms with Gasteiger partial charge in [0.2, 0.25) is 0 Å². The molecule has 0 spiro atoms. The van der Waals surface area contributed by atoms with Crippen molar-refractivity contribution < 1.29 is 4.79 Å². The Morgan fingerprint density at radius 3 is 2.58 bits per heavy atom. The molecule has 4 heteroatoms. The minimum Gasteiger partial charge on any atom is -0.297 e. The van der Waals surface area contributed by atoms with Crippen molar-refractivity contribution in [2.45, 2.75) is 26.9 Å². The van der Waals surface area contributed by atoms with E-state index in [4.69, 9.17) is 0 Å². The molecule has 19 heavy (non-hydrogen) atoms. The van der Waals surface area contributed by atoms with Gasteiger partial charge in [0.15, 0.2) is 6.29 Å². The van der Waals surface area contributed by atoms with Crippen molar-refractivity contribution in [1.29, 1.82) is 0 Å². The van der Waals surface area contributed by atoms with Crippen molar-refractivity contribution in [3.05, 3.63) is 51.5 Å². The number of hydrogen-bond donors (Lipinski definition) is 0. The molecule has 1 aromatic heterocycles. The molecule has 0 bridgehead atoms. The second kappa shape index (κ2) is 6.59. The zero-order valence-corrected chi connectivity index (χ0v) is 12.1. The molecule has 0 saturated heterocycles. The number of thiazole rings is 1. The lowest BCUT2D eigenvalue weighted by Gasteiger charge is -2.18. The number of aromatic nitrogens is 1. The summed E-state index contributed by atoms with van der Waals surface area (Å²) in [5.41, 5.74) is 2.14. The molecule has 0 amide bonds. The highest BCUT2D eigenvalue weighted by Crippen LogP contribution is 2.18. The Balaban J connectivity index is 2.04. The Bertz CT molecular complexity index is 536. The molecule has 0 N–H and O–H groups in total. The van der Waals surface area contributed by atoms with Crippen LogP contribution in [0.15, 0.2) is 30.3 Å². The lowest BCUT2D eigenvalue weighted by atomic mass is 10.2. The Hall–Kier alpha value is -1.52. The second-order valence-electron chi connectivity index (χ2n) is 4.46. The summed E-state index contributed by atoms with van der Waals surface area (Å²) in [6.07, 6.45) is 0.893. The van der Waals surface area contributed by atoms with Crippen LogP contribution >= 0.6 is 11.3 Å². The van der Waals surface area contributed by atoms with Crippen LogP contribution in [0.25, 0.3) is 0 Å². The van der Waals surface area contributed by atoms with Crippen LogP contribution in [-0.4, -0.2) is 22.7 Å². The first-order chi connectivity index (χ1) is 9.22. The molecular formula is C15H18N2OS. The molecule has 0 atom stereocenters. The zero-order valence-electron chi connectivity index (χ0n) is 11.3. The van der Waals surface area contributed by atoms with Gasteiger partial charge < -0.3 is 0 Å². The van der Waals surface area contributed by atoms with E-state index in [1.165, 1.54) is 16.9 Å². The smallest absolute Gasteiger partial charge is 0.161 e. The van der Waals surface area contributed by atoms with E-state index in [1.54, 1.807) is 0 Å². The van der Waals surface area contributed by atoms with Gasteiger partial charge in [0, 0.05) is 6.54 Å². The van der Waals surface area contributed by atoms with Crippen molar-refractivity contribution in [3.63, 3.8) is 0 Å². The monoisotopic (exact) mass is 274 g/mol. The number of nitrogens with zero attached hydrogens (tertiary/aromatic N) is 2. The number of aldehydes is 1. The number of benzene rings is 1. The van der Waals surface area contributed by atoms with Gasteiger partial charge in [-0.05, 0) is 19.0 Å². The molecule has 1 heterocycles. The van der Waals surface area contributed by atoms with Crippen LogP contribution in [0, 0.1) is 6.92 Å². The van der Waals surface area contributed by atoms with Gasteiger partial charge in [-0.15, -0.1) is 11.3 Å². The highest BCUT2D eigenvalue weighted by molar-refractivity contribution is 7.13. The summed E-state index contributed by atoms with van der Waals surface area (Å²) in [5.74, 6) is 0. The summed E-state index contributed by atoms with van der Waals surface area (Å²) in [5, 5.41) is 1.01. The van der Waals surface area contributed by atoms with E-state index in [0.717, 1.165) is 41.5 Å². The lowest BCUT2D eigenvalue weighted by Crippen LogP contribution is -2.22. The molecule has 0 aliphatic carbocycles. The summed E-state index contributed by atoms with van der Waals surface area (Å²) in [6, 6.07) is 10.4. The summed E-state index contributed by atoms with van der Waals surface area (Å²) < 4.78 is 0. The molecule has 0 fully saturated rings. The second-order valence-corrected chi connectivity index (χ2v) is 5.58. The van der Waals surface area contributed by atoms with Gasteiger partial charge in [0.05, 0.1) is 17.1 Å². The molecule has 0 saturated carbocycles. The van der Waals surface area contributed by atoms with Crippen LogP contribution in [0.3, 0.4) is 0 Å². The summed E-state index contributed by atoms with van der Waals surface area (Å²) >= 11 is 1.49. The topological polar surface area (TPSA) is 33.2 Å². The van der Waals surface area contributed by atoms with Gasteiger partial charge in [-0.2, -0.15) is 0 Å². The fourth-order valence-electron chi connectivity index (χ4n) is 1.96. The average Bonchev–Trinajstić information content (AvgIpc) is 2.79. The number of aryl methyl sites for hydroxylation is 1. The predicted octanol–water partition coefficient (Wildman–Crippen LogP) is 3.29. The Labute approximate surface area is 117 Å². The first kappa shape index (κ1) is 13.9. The van der Waals surface area contributed by atoms with E-state index in [9.17, 15) is 4.79 Å². The molecule has 0 aliphatic heterocycles. The van der Waals surface area contributed by atoms with Crippen LogP contribution in [0.1, 0.15) is 32.9 Å². The minimum atomic E-state index is 0.741. The number of carbonyl (C=O) groups is 1. The molecule has 0 aliphatic rings. The average molecular weight is 274 g/mol. The van der Waals surface area contributed by atoms with Crippen molar-refractivity contribution in [3.8, 4) is 0 Å². The Morgan fingerprint density at radius 2 is 2.00 bits per heavy atom. The molecule has 2 aromatic rings. The number of carbonyl (C=O) groups excluding carboxylic acids is 1. The molecule has 1 aromatic carbocycles. The van der Waals surface area contributed by atoms with E-state index in [0.29, 0.717) is 0 Å². The molecule has 3 nitrogen and oxygen atoms in total. The van der Waals surface area contributed by atoms with Crippen LogP contribution in [0.2, 0.25) is 0 Å². The first-order valence-corrected chi connectivity index (χ1v) is 7.22. The lowest BCUT2D eigenvalue weighted by molar-refractivity contribution is 0.112. The van der Waals surface area contributed by atoms with Crippen molar-refractivity contribution in [2.24, 2.45) is 0 Å². The van der Waals surface area contributed by atoms with E-state index in [1.807, 2.05) is 13.0 Å². The normalized spacial score (nSPS) is 10.9. The molecule has 100 valence electrons. The molecule has 0 unspecified atom stereocenters. The SMILES string of the molecule is CCN(Cc1ccccc1)Cc1nc(C)c(C=O)s1. The van der Waals surface area contributed by atoms with Gasteiger partial charge in [-0.25, -0.2) is 4.98 Å². The van der Waals surface area contributed by atoms with Crippen LogP contribution in [0.5, 0.6) is 0 Å². The standard InChI is InChI=1S/C15H18N2OS/c1-3-17(9-13-7-5-4-6-8-13)10-15-16-12(2)14(11-18)19-15/h4-8,11H,3,9-10H2,1-2H3. The van der Waals surface area contributed by atoms with Crippen molar-refractivity contribution >= 4 is 17.6 Å². The van der Waals surface area contributed by atoms with Crippen LogP contribution < -0.4 is 0 Å².